The van der Waals surface area contributed by atoms with Gasteiger partial charge in [0.15, 0.2) is 0 Å². The zero-order chi connectivity index (χ0) is 17.2. The first-order valence-electron chi connectivity index (χ1n) is 9.42. The van der Waals surface area contributed by atoms with Gasteiger partial charge in [-0.2, -0.15) is 11.8 Å². The molecule has 0 saturated carbocycles. The van der Waals surface area contributed by atoms with Crippen LogP contribution in [-0.4, -0.2) is 48.0 Å². The number of unbranched alkanes of at least 4 members (excludes halogenated alkanes) is 3. The van der Waals surface area contributed by atoms with Gasteiger partial charge >= 0.3 is 5.97 Å². The maximum Gasteiger partial charge on any atom is 0.328 e. The van der Waals surface area contributed by atoms with E-state index < -0.39 is 5.97 Å². The summed E-state index contributed by atoms with van der Waals surface area (Å²) in [5.74, 6) is 2.87. The fourth-order valence-corrected chi connectivity index (χ4v) is 5.18. The van der Waals surface area contributed by atoms with Crippen molar-refractivity contribution in [3.63, 3.8) is 0 Å². The average molecular weight is 357 g/mol. The Balaban J connectivity index is 1.63. The second-order valence-electron chi connectivity index (χ2n) is 6.86. The minimum Gasteiger partial charge on any atom is -0.478 e. The highest BCUT2D eigenvalue weighted by Gasteiger charge is 2.47. The molecule has 138 valence electrons. The van der Waals surface area contributed by atoms with Crippen molar-refractivity contribution in [1.82, 2.24) is 0 Å². The molecule has 5 heteroatoms. The molecule has 0 radical (unpaired) electrons. The highest BCUT2D eigenvalue weighted by atomic mass is 32.2. The van der Waals surface area contributed by atoms with E-state index in [0.29, 0.717) is 37.3 Å². The van der Waals surface area contributed by atoms with Gasteiger partial charge in [0.2, 0.25) is 0 Å². The summed E-state index contributed by atoms with van der Waals surface area (Å²) >= 11 is 2.10. The van der Waals surface area contributed by atoms with E-state index in [1.807, 2.05) is 0 Å². The van der Waals surface area contributed by atoms with E-state index in [0.717, 1.165) is 12.5 Å². The van der Waals surface area contributed by atoms with Gasteiger partial charge in [-0.15, -0.1) is 0 Å². The summed E-state index contributed by atoms with van der Waals surface area (Å²) in [5, 5.41) is 8.54. The average Bonchev–Trinajstić information content (AvgIpc) is 3.15. The zero-order valence-electron chi connectivity index (χ0n) is 14.8. The molecule has 2 saturated heterocycles. The molecule has 0 aromatic heterocycles. The van der Waals surface area contributed by atoms with Gasteiger partial charge in [-0.25, -0.2) is 4.79 Å². The molecule has 2 rings (SSSR count). The number of ether oxygens (including phenoxy) is 2. The lowest BCUT2D eigenvalue weighted by atomic mass is 9.79. The maximum atomic E-state index is 10.4. The van der Waals surface area contributed by atoms with Crippen molar-refractivity contribution < 1.29 is 19.4 Å². The quantitative estimate of drug-likeness (QED) is 0.397. The third-order valence-electron chi connectivity index (χ3n) is 5.11. The summed E-state index contributed by atoms with van der Waals surface area (Å²) < 4.78 is 11.7. The smallest absolute Gasteiger partial charge is 0.328 e. The number of carboxylic acids is 1. The van der Waals surface area contributed by atoms with Crippen LogP contribution in [0, 0.1) is 11.8 Å². The van der Waals surface area contributed by atoms with Gasteiger partial charge in [-0.1, -0.05) is 32.3 Å². The minimum absolute atomic E-state index is 0.380. The third-order valence-corrected chi connectivity index (χ3v) is 6.31. The van der Waals surface area contributed by atoms with E-state index in [9.17, 15) is 4.79 Å². The summed E-state index contributed by atoms with van der Waals surface area (Å²) in [6.45, 7) is 3.33. The van der Waals surface area contributed by atoms with Crippen LogP contribution in [-0.2, 0) is 14.3 Å². The molecule has 0 aromatic rings. The molecular formula is C19H32O4S. The molecule has 0 amide bonds. The highest BCUT2D eigenvalue weighted by molar-refractivity contribution is 7.99. The minimum atomic E-state index is -0.920. The van der Waals surface area contributed by atoms with Crippen molar-refractivity contribution >= 4 is 17.7 Å². The van der Waals surface area contributed by atoms with Crippen molar-refractivity contribution in [2.75, 3.05) is 24.7 Å². The number of hydrogen-bond acceptors (Lipinski definition) is 4. The van der Waals surface area contributed by atoms with Gasteiger partial charge in [0, 0.05) is 12.7 Å². The molecule has 1 N–H and O–H groups in total. The number of carbonyl (C=O) groups is 1. The first kappa shape index (κ1) is 19.8. The van der Waals surface area contributed by atoms with Crippen LogP contribution >= 0.6 is 11.8 Å². The fourth-order valence-electron chi connectivity index (χ4n) is 3.87. The van der Waals surface area contributed by atoms with Crippen molar-refractivity contribution in [2.24, 2.45) is 11.8 Å². The van der Waals surface area contributed by atoms with Crippen LogP contribution in [0.4, 0.5) is 0 Å². The fraction of sp³-hybridized carbons (Fsp3) is 0.842. The van der Waals surface area contributed by atoms with Gasteiger partial charge in [0.1, 0.15) is 0 Å². The number of hydrogen-bond donors (Lipinski definition) is 1. The van der Waals surface area contributed by atoms with Gasteiger partial charge in [0.05, 0.1) is 18.8 Å². The van der Waals surface area contributed by atoms with Crippen LogP contribution < -0.4 is 0 Å². The predicted octanol–water partition coefficient (Wildman–Crippen LogP) is 4.14. The maximum absolute atomic E-state index is 10.4. The molecule has 2 heterocycles. The molecular weight excluding hydrogens is 324 g/mol. The number of aliphatic carboxylic acids is 1. The first-order chi connectivity index (χ1) is 11.7. The summed E-state index contributed by atoms with van der Waals surface area (Å²) in [7, 11) is 0. The molecule has 0 aliphatic carbocycles. The Bertz CT molecular complexity index is 399. The monoisotopic (exact) mass is 356 g/mol. The van der Waals surface area contributed by atoms with E-state index in [2.05, 4.69) is 18.7 Å². The molecule has 4 atom stereocenters. The van der Waals surface area contributed by atoms with E-state index >= 15 is 0 Å². The Hall–Kier alpha value is -0.520. The predicted molar refractivity (Wildman–Crippen MR) is 98.6 cm³/mol. The number of rotatable bonds is 13. The topological polar surface area (TPSA) is 55.8 Å². The van der Waals surface area contributed by atoms with Crippen LogP contribution in [0.5, 0.6) is 0 Å². The second kappa shape index (κ2) is 11.2. The molecule has 2 aliphatic heterocycles. The molecule has 2 bridgehead atoms. The van der Waals surface area contributed by atoms with Gasteiger partial charge in [0.25, 0.3) is 0 Å². The lowest BCUT2D eigenvalue weighted by molar-refractivity contribution is -0.131. The number of fused-ring (bicyclic) bond motifs is 2. The van der Waals surface area contributed by atoms with Crippen molar-refractivity contribution in [1.29, 1.82) is 0 Å². The van der Waals surface area contributed by atoms with Crippen molar-refractivity contribution in [3.8, 4) is 0 Å². The van der Waals surface area contributed by atoms with Crippen LogP contribution in [0.15, 0.2) is 12.2 Å². The van der Waals surface area contributed by atoms with Gasteiger partial charge in [-0.3, -0.25) is 0 Å². The highest BCUT2D eigenvalue weighted by Crippen LogP contribution is 2.46. The molecule has 2 aliphatic rings. The SMILES string of the molecule is CCCCCCSC[C@@H]1[C@H](CCOC/C=C/C(=O)O)[C@@H]2CC[C@H]1O2. The third kappa shape index (κ3) is 6.41. The number of carboxylic acid groups (broad SMARTS) is 1. The van der Waals surface area contributed by atoms with E-state index in [4.69, 9.17) is 14.6 Å². The van der Waals surface area contributed by atoms with E-state index in [1.54, 1.807) is 6.08 Å². The molecule has 0 aromatic carbocycles. The zero-order valence-corrected chi connectivity index (χ0v) is 15.6. The standard InChI is InChI=1S/C19H32O4S/c1-2-3-4-5-13-24-14-16-15(17-8-9-18(16)23-17)10-12-22-11-6-7-19(20)21/h6-7,15-18H,2-5,8-14H2,1H3,(H,20,21)/b7-6+/t15-,16+,17-,18+/m0/s1. The van der Waals surface area contributed by atoms with Gasteiger partial charge < -0.3 is 14.6 Å². The van der Waals surface area contributed by atoms with Gasteiger partial charge in [-0.05, 0) is 49.0 Å². The van der Waals surface area contributed by atoms with Crippen molar-refractivity contribution in [3.05, 3.63) is 12.2 Å². The van der Waals surface area contributed by atoms with E-state index in [1.165, 1.54) is 50.0 Å². The first-order valence-corrected chi connectivity index (χ1v) is 10.6. The number of thioether (sulfide) groups is 1. The van der Waals surface area contributed by atoms with Crippen molar-refractivity contribution in [2.45, 2.75) is 64.1 Å². The Kier molecular flexibility index (Phi) is 9.21. The van der Waals surface area contributed by atoms with Crippen LogP contribution in [0.3, 0.4) is 0 Å². The molecule has 2 fully saturated rings. The molecule has 0 spiro atoms. The largest absolute Gasteiger partial charge is 0.478 e. The summed E-state index contributed by atoms with van der Waals surface area (Å²) in [4.78, 5) is 10.4. The van der Waals surface area contributed by atoms with Crippen LogP contribution in [0.25, 0.3) is 0 Å². The Morgan fingerprint density at radius 3 is 2.79 bits per heavy atom. The normalized spacial score (nSPS) is 28.9. The Morgan fingerprint density at radius 2 is 2.04 bits per heavy atom. The molecule has 0 unspecified atom stereocenters. The summed E-state index contributed by atoms with van der Waals surface area (Å²) in [6, 6.07) is 0. The van der Waals surface area contributed by atoms with Crippen LogP contribution in [0.1, 0.15) is 51.9 Å². The lowest BCUT2D eigenvalue weighted by Gasteiger charge is -2.27. The Morgan fingerprint density at radius 1 is 1.25 bits per heavy atom. The lowest BCUT2D eigenvalue weighted by Crippen LogP contribution is -2.30. The van der Waals surface area contributed by atoms with Crippen LogP contribution in [0.2, 0.25) is 0 Å². The second-order valence-corrected chi connectivity index (χ2v) is 8.01. The summed E-state index contributed by atoms with van der Waals surface area (Å²) in [6.07, 6.45) is 12.4. The Labute approximate surface area is 150 Å². The van der Waals surface area contributed by atoms with E-state index in [-0.39, 0.29) is 0 Å². The summed E-state index contributed by atoms with van der Waals surface area (Å²) in [5.41, 5.74) is 0. The molecule has 24 heavy (non-hydrogen) atoms. The molecule has 4 nitrogen and oxygen atoms in total.